The van der Waals surface area contributed by atoms with E-state index in [1.165, 1.54) is 48.5 Å². The third kappa shape index (κ3) is 9.41. The molecule has 0 saturated heterocycles. The summed E-state index contributed by atoms with van der Waals surface area (Å²) in [4.78, 5) is 54.9. The Hall–Kier alpha value is -5.99. The number of fused-ring (bicyclic) bond motifs is 6. The van der Waals surface area contributed by atoms with E-state index in [0.29, 0.717) is 23.4 Å². The predicted molar refractivity (Wildman–Crippen MR) is 232 cm³/mol. The van der Waals surface area contributed by atoms with Gasteiger partial charge in [0.15, 0.2) is 5.75 Å². The average molecular weight is 973 g/mol. The molecular formula is C44H26N6Na2O14S2. The van der Waals surface area contributed by atoms with Crippen LogP contribution in [0.3, 0.4) is 0 Å². The molecule has 7 aromatic carbocycles. The van der Waals surface area contributed by atoms with Crippen molar-refractivity contribution >= 4 is 89.5 Å². The number of ether oxygens (including phenoxy) is 2. The summed E-state index contributed by atoms with van der Waals surface area (Å²) in [6, 6.07) is 28.5. The van der Waals surface area contributed by atoms with Gasteiger partial charge in [0.05, 0.1) is 49.3 Å². The molecule has 8 aromatic rings. The van der Waals surface area contributed by atoms with Gasteiger partial charge in [0, 0.05) is 62.4 Å². The number of aromatic nitrogens is 3. The fraction of sp³-hybridized carbons (Fsp3) is 0.0682. The molecule has 0 amide bonds. The van der Waals surface area contributed by atoms with Crippen LogP contribution in [0.4, 0.5) is 17.1 Å². The molecule has 9 rings (SSSR count). The maximum Gasteiger partial charge on any atom is 1.00 e. The Morgan fingerprint density at radius 1 is 0.721 bits per heavy atom. The van der Waals surface area contributed by atoms with Crippen LogP contribution in [0.5, 0.6) is 11.5 Å². The van der Waals surface area contributed by atoms with E-state index >= 15 is 0 Å². The van der Waals surface area contributed by atoms with Gasteiger partial charge in [-0.2, -0.15) is 4.33 Å². The van der Waals surface area contributed by atoms with E-state index in [9.17, 15) is 48.0 Å². The largest absolute Gasteiger partial charge is 1.00 e. The summed E-state index contributed by atoms with van der Waals surface area (Å²) in [6.07, 6.45) is 0. The SMILES string of the molecule is CC1(C)C(c2cc(OC(=O)c3ccc([N+](=O)[O-])cc3)c(-n3nc4ccc5c(SOO[O-])cc(S(=O)(=O)[O-])cc5c4n3)cc2OC(=O)c2ccc([N+](=O)[O-])cc2)=Nc2c1ccc1ccccc21.[Na+].[Na+]. The summed E-state index contributed by atoms with van der Waals surface area (Å²) in [5.74, 6) is -2.33. The molecular weight excluding hydrogens is 947 g/mol. The zero-order valence-electron chi connectivity index (χ0n) is 35.8. The zero-order valence-corrected chi connectivity index (χ0v) is 41.4. The van der Waals surface area contributed by atoms with E-state index in [0.717, 1.165) is 57.5 Å². The molecule has 0 radical (unpaired) electrons. The maximum atomic E-state index is 14.0. The van der Waals surface area contributed by atoms with E-state index in [1.807, 2.05) is 50.2 Å². The van der Waals surface area contributed by atoms with Crippen molar-refractivity contribution < 1.29 is 116 Å². The van der Waals surface area contributed by atoms with Crippen LogP contribution >= 0.6 is 12.0 Å². The molecule has 0 N–H and O–H groups in total. The summed E-state index contributed by atoms with van der Waals surface area (Å²) >= 11 is 0.338. The van der Waals surface area contributed by atoms with Gasteiger partial charge in [0.25, 0.3) is 11.4 Å². The second-order valence-electron chi connectivity index (χ2n) is 15.1. The summed E-state index contributed by atoms with van der Waals surface area (Å²) in [5.41, 5.74) is 0.316. The number of carbonyl (C=O) groups is 2. The zero-order chi connectivity index (χ0) is 46.7. The Bertz CT molecular complexity index is 3540. The quantitative estimate of drug-likeness (QED) is 0.0245. The first-order valence-corrected chi connectivity index (χ1v) is 21.3. The Kier molecular flexibility index (Phi) is 14.3. The fourth-order valence-corrected chi connectivity index (χ4v) is 8.74. The Labute approximate surface area is 431 Å². The van der Waals surface area contributed by atoms with Crippen molar-refractivity contribution in [1.29, 1.82) is 0 Å². The van der Waals surface area contributed by atoms with Crippen molar-refractivity contribution in [1.82, 2.24) is 15.0 Å². The van der Waals surface area contributed by atoms with Gasteiger partial charge in [-0.3, -0.25) is 30.3 Å². The molecule has 0 aliphatic carbocycles. The van der Waals surface area contributed by atoms with Crippen molar-refractivity contribution in [2.24, 2.45) is 4.99 Å². The van der Waals surface area contributed by atoms with E-state index in [-0.39, 0.29) is 131 Å². The normalized spacial score (nSPS) is 12.7. The third-order valence-corrected chi connectivity index (χ3v) is 12.3. The Morgan fingerprint density at radius 2 is 1.34 bits per heavy atom. The second-order valence-corrected chi connectivity index (χ2v) is 17.2. The number of hydrogen-bond acceptors (Lipinski definition) is 18. The smallest absolute Gasteiger partial charge is 0.744 e. The number of nitrogens with zero attached hydrogens (tertiary/aromatic N) is 6. The molecule has 24 heteroatoms. The maximum absolute atomic E-state index is 14.0. The molecule has 68 heavy (non-hydrogen) atoms. The van der Waals surface area contributed by atoms with Gasteiger partial charge in [0.2, 0.25) is 0 Å². The minimum absolute atomic E-state index is 0. The molecule has 0 bridgehead atoms. The van der Waals surface area contributed by atoms with E-state index < -0.39 is 42.2 Å². The average Bonchev–Trinajstić information content (AvgIpc) is 3.86. The number of benzene rings is 7. The minimum atomic E-state index is -5.09. The molecule has 0 saturated carbocycles. The first-order valence-electron chi connectivity index (χ1n) is 19.2. The van der Waals surface area contributed by atoms with E-state index in [1.54, 1.807) is 0 Å². The molecule has 1 aliphatic heterocycles. The van der Waals surface area contributed by atoms with Crippen molar-refractivity contribution in [3.63, 3.8) is 0 Å². The first-order chi connectivity index (χ1) is 31.5. The van der Waals surface area contributed by atoms with Gasteiger partial charge in [-0.05, 0) is 59.5 Å². The van der Waals surface area contributed by atoms with Crippen LogP contribution in [0.2, 0.25) is 0 Å². The number of nitro groups is 2. The van der Waals surface area contributed by atoms with Crippen LogP contribution in [0, 0.1) is 20.2 Å². The van der Waals surface area contributed by atoms with Gasteiger partial charge in [-0.25, -0.2) is 18.0 Å². The topological polar surface area (TPSA) is 281 Å². The van der Waals surface area contributed by atoms with E-state index in [4.69, 9.17) is 14.5 Å². The summed E-state index contributed by atoms with van der Waals surface area (Å²) in [5, 5.41) is 48.2. The van der Waals surface area contributed by atoms with Gasteiger partial charge in [0.1, 0.15) is 32.6 Å². The van der Waals surface area contributed by atoms with Crippen molar-refractivity contribution in [2.45, 2.75) is 29.1 Å². The fourth-order valence-electron chi connectivity index (χ4n) is 7.59. The van der Waals surface area contributed by atoms with Crippen LogP contribution in [0.25, 0.3) is 38.3 Å². The number of non-ortho nitro benzene ring substituents is 2. The third-order valence-electron chi connectivity index (χ3n) is 10.8. The van der Waals surface area contributed by atoms with Crippen molar-refractivity contribution in [3.05, 3.63) is 164 Å². The minimum Gasteiger partial charge on any atom is -0.744 e. The van der Waals surface area contributed by atoms with Crippen LogP contribution in [0.15, 0.2) is 136 Å². The molecule has 1 aromatic heterocycles. The number of carbonyl (C=O) groups excluding carboxylic acids is 2. The molecule has 330 valence electrons. The van der Waals surface area contributed by atoms with Crippen LogP contribution in [-0.2, 0) is 24.9 Å². The number of esters is 2. The molecule has 2 heterocycles. The van der Waals surface area contributed by atoms with E-state index in [2.05, 4.69) is 19.6 Å². The Balaban J connectivity index is 0.00000342. The predicted octanol–water partition coefficient (Wildman–Crippen LogP) is 1.54. The number of rotatable bonds is 12. The standard InChI is InChI=1S/C44H28N6O14S2.2Na/c1-44(2)33-17-11-23-5-3-4-6-29(23)39(33)45-41(44)32-21-37(62-43(52)25-9-14-27(15-10-25)50(55)56)35(22-36(32)61-42(51)24-7-12-26(13-8-24)49(53)54)48-46-34-18-16-30-31(40(34)47-48)19-28(66(58,59)60)20-38(30)65-64-63-57;;/h3-22,57H,1-2H3,(H,58,59,60);;/q;2*+1/p-2. The molecule has 0 fully saturated rings. The summed E-state index contributed by atoms with van der Waals surface area (Å²) in [6.45, 7) is 3.80. The van der Waals surface area contributed by atoms with Gasteiger partial charge < -0.3 is 19.3 Å². The molecule has 1 aliphatic rings. The summed E-state index contributed by atoms with van der Waals surface area (Å²) < 4.78 is 53.4. The monoisotopic (exact) mass is 972 g/mol. The van der Waals surface area contributed by atoms with Crippen molar-refractivity contribution in [2.75, 3.05) is 0 Å². The second kappa shape index (κ2) is 19.6. The first kappa shape index (κ1) is 49.9. The van der Waals surface area contributed by atoms with Gasteiger partial charge in [-0.15, -0.1) is 15.0 Å². The molecule has 20 nitrogen and oxygen atoms in total. The Morgan fingerprint density at radius 3 is 1.94 bits per heavy atom. The van der Waals surface area contributed by atoms with Crippen molar-refractivity contribution in [3.8, 4) is 17.2 Å². The van der Waals surface area contributed by atoms with Crippen LogP contribution in [-0.4, -0.2) is 55.5 Å². The molecule has 0 spiro atoms. The number of aliphatic imine (C=N–C) groups is 1. The molecule has 0 unspecified atom stereocenters. The van der Waals surface area contributed by atoms with Crippen LogP contribution in [0.1, 0.15) is 45.7 Å². The number of nitro benzene ring substituents is 2. The summed E-state index contributed by atoms with van der Waals surface area (Å²) in [7, 11) is -5.09. The number of hydrogen-bond donors (Lipinski definition) is 0. The van der Waals surface area contributed by atoms with Gasteiger partial charge in [-0.1, -0.05) is 56.3 Å². The van der Waals surface area contributed by atoms with Gasteiger partial charge >= 0.3 is 71.1 Å². The van der Waals surface area contributed by atoms with Crippen LogP contribution < -0.4 is 73.8 Å². The molecule has 0 atom stereocenters.